The highest BCUT2D eigenvalue weighted by atomic mass is 28.3. The van der Waals surface area contributed by atoms with E-state index in [2.05, 4.69) is 67.7 Å². The average molecular weight is 334 g/mol. The number of methoxy groups -OCH3 is 1. The first-order valence-corrected chi connectivity index (χ1v) is 11.8. The Labute approximate surface area is 143 Å². The number of fused-ring (bicyclic) bond motifs is 4. The molecule has 0 spiro atoms. The highest BCUT2D eigenvalue weighted by molar-refractivity contribution is 6.91. The number of hydrogen-bond donors (Lipinski definition) is 0. The van der Waals surface area contributed by atoms with E-state index >= 15 is 0 Å². The fraction of sp³-hybridized carbons (Fsp3) is 0.250. The van der Waals surface area contributed by atoms with E-state index in [1.54, 1.807) is 7.11 Å². The van der Waals surface area contributed by atoms with Crippen LogP contribution in [0.2, 0.25) is 19.6 Å². The Morgan fingerprint density at radius 3 is 2.46 bits per heavy atom. The summed E-state index contributed by atoms with van der Waals surface area (Å²) in [4.78, 5) is 4.94. The van der Waals surface area contributed by atoms with E-state index in [-0.39, 0.29) is 0 Å². The molecule has 2 aromatic rings. The molecule has 0 unspecified atom stereocenters. The van der Waals surface area contributed by atoms with Gasteiger partial charge in [0.15, 0.2) is 0 Å². The summed E-state index contributed by atoms with van der Waals surface area (Å²) in [6.45, 7) is 7.22. The smallest absolute Gasteiger partial charge is 0.141 e. The fourth-order valence-corrected chi connectivity index (χ4v) is 5.73. The Hall–Kier alpha value is -2.33. The summed E-state index contributed by atoms with van der Waals surface area (Å²) in [5.41, 5.74) is 3.60. The maximum absolute atomic E-state index is 5.50. The first kappa shape index (κ1) is 15.2. The third-order valence-electron chi connectivity index (χ3n) is 4.78. The summed E-state index contributed by atoms with van der Waals surface area (Å²) in [7, 11) is 2.23. The van der Waals surface area contributed by atoms with Gasteiger partial charge in [-0.25, -0.2) is 4.98 Å². The first-order chi connectivity index (χ1) is 11.4. The van der Waals surface area contributed by atoms with Crippen LogP contribution in [0, 0.1) is 0 Å². The minimum Gasteiger partial charge on any atom is -0.497 e. The Morgan fingerprint density at radius 1 is 1.00 bits per heavy atom. The molecule has 24 heavy (non-hydrogen) atoms. The number of para-hydroxylation sites is 1. The lowest BCUT2D eigenvalue weighted by Gasteiger charge is -2.26. The van der Waals surface area contributed by atoms with Crippen LogP contribution in [0.15, 0.2) is 42.5 Å². The molecule has 2 heterocycles. The molecule has 122 valence electrons. The maximum Gasteiger partial charge on any atom is 0.141 e. The van der Waals surface area contributed by atoms with Crippen molar-refractivity contribution in [1.82, 2.24) is 9.55 Å². The number of rotatable bonds is 2. The van der Waals surface area contributed by atoms with Gasteiger partial charge in [-0.05, 0) is 29.5 Å². The van der Waals surface area contributed by atoms with Crippen molar-refractivity contribution in [3.8, 4) is 17.1 Å². The monoisotopic (exact) mass is 334 g/mol. The van der Waals surface area contributed by atoms with E-state index in [1.165, 1.54) is 27.0 Å². The number of aromatic nitrogens is 2. The van der Waals surface area contributed by atoms with Crippen molar-refractivity contribution >= 4 is 35.1 Å². The van der Waals surface area contributed by atoms with E-state index in [9.17, 15) is 0 Å². The molecule has 0 aliphatic carbocycles. The molecule has 0 N–H and O–H groups in total. The van der Waals surface area contributed by atoms with E-state index in [1.807, 2.05) is 6.07 Å². The van der Waals surface area contributed by atoms with Crippen molar-refractivity contribution in [2.75, 3.05) is 7.11 Å². The second-order valence-electron chi connectivity index (χ2n) is 7.39. The maximum atomic E-state index is 5.50. The van der Waals surface area contributed by atoms with Crippen LogP contribution in [0.1, 0.15) is 0 Å². The van der Waals surface area contributed by atoms with Gasteiger partial charge in [0.2, 0.25) is 0 Å². The van der Waals surface area contributed by atoms with E-state index in [4.69, 9.17) is 9.72 Å². The quantitative estimate of drug-likeness (QED) is 0.509. The average Bonchev–Trinajstić information content (AvgIpc) is 2.93. The summed E-state index contributed by atoms with van der Waals surface area (Å²) < 4.78 is 7.72. The molecule has 0 amide bonds. The molecule has 4 rings (SSSR count). The number of nitrogens with zero attached hydrogens (tertiary/aromatic N) is 2. The first-order valence-electron chi connectivity index (χ1n) is 8.27. The Morgan fingerprint density at radius 2 is 1.75 bits per heavy atom. The second kappa shape index (κ2) is 5.08. The summed E-state index contributed by atoms with van der Waals surface area (Å²) >= 11 is 0. The molecule has 2 aliphatic heterocycles. The molecular weight excluding hydrogens is 312 g/mol. The Kier molecular flexibility index (Phi) is 3.22. The molecule has 0 atom stereocenters. The van der Waals surface area contributed by atoms with Crippen LogP contribution >= 0.6 is 0 Å². The molecule has 0 saturated carbocycles. The number of pyridine rings is 1. The van der Waals surface area contributed by atoms with Gasteiger partial charge < -0.3 is 9.30 Å². The van der Waals surface area contributed by atoms with Gasteiger partial charge in [-0.15, -0.1) is 0 Å². The lowest BCUT2D eigenvalue weighted by molar-refractivity contribution is 0.415. The third-order valence-corrected chi connectivity index (χ3v) is 6.79. The third kappa shape index (κ3) is 2.06. The van der Waals surface area contributed by atoms with Crippen molar-refractivity contribution in [3.05, 3.63) is 42.5 Å². The van der Waals surface area contributed by atoms with Crippen LogP contribution in [0.5, 0.6) is 5.75 Å². The van der Waals surface area contributed by atoms with Crippen LogP contribution in [-0.4, -0.2) is 24.7 Å². The molecule has 0 bridgehead atoms. The van der Waals surface area contributed by atoms with Crippen molar-refractivity contribution < 1.29 is 4.74 Å². The molecule has 0 saturated heterocycles. The van der Waals surface area contributed by atoms with Gasteiger partial charge in [0.05, 0.1) is 20.7 Å². The predicted molar refractivity (Wildman–Crippen MR) is 104 cm³/mol. The van der Waals surface area contributed by atoms with Gasteiger partial charge in [0, 0.05) is 28.9 Å². The second-order valence-corrected chi connectivity index (χ2v) is 12.4. The van der Waals surface area contributed by atoms with Crippen LogP contribution in [0.25, 0.3) is 33.2 Å². The van der Waals surface area contributed by atoms with Gasteiger partial charge in [0.1, 0.15) is 11.6 Å². The van der Waals surface area contributed by atoms with Gasteiger partial charge in [-0.2, -0.15) is 0 Å². The molecule has 0 fully saturated rings. The molecule has 2 aromatic carbocycles. The van der Waals surface area contributed by atoms with E-state index < -0.39 is 8.07 Å². The zero-order valence-electron chi connectivity index (χ0n) is 14.8. The minimum absolute atomic E-state index is 0.908. The van der Waals surface area contributed by atoms with Crippen molar-refractivity contribution in [2.24, 2.45) is 7.05 Å². The van der Waals surface area contributed by atoms with Crippen LogP contribution in [-0.2, 0) is 7.05 Å². The number of ether oxygens (including phenoxy) is 1. The molecule has 4 heteroatoms. The van der Waals surface area contributed by atoms with Crippen molar-refractivity contribution in [2.45, 2.75) is 19.6 Å². The summed E-state index contributed by atoms with van der Waals surface area (Å²) in [6.07, 6.45) is 0. The number of aryl methyl sites for hydroxylation is 1. The number of hydrogen-bond acceptors (Lipinski definition) is 2. The van der Waals surface area contributed by atoms with Gasteiger partial charge >= 0.3 is 0 Å². The largest absolute Gasteiger partial charge is 0.497 e. The van der Waals surface area contributed by atoms with Crippen molar-refractivity contribution in [1.29, 1.82) is 0 Å². The van der Waals surface area contributed by atoms with Crippen molar-refractivity contribution in [3.63, 3.8) is 0 Å². The summed E-state index contributed by atoms with van der Waals surface area (Å²) in [5.74, 6) is 1.98. The fourth-order valence-electron chi connectivity index (χ4n) is 3.72. The molecule has 3 nitrogen and oxygen atoms in total. The minimum atomic E-state index is -1.61. The topological polar surface area (TPSA) is 27.1 Å². The molecule has 2 aliphatic rings. The van der Waals surface area contributed by atoms with Gasteiger partial charge in [0.25, 0.3) is 0 Å². The van der Waals surface area contributed by atoms with Crippen LogP contribution < -0.4 is 9.92 Å². The zero-order chi connectivity index (χ0) is 17.1. The Balaban J connectivity index is 2.31. The normalized spacial score (nSPS) is 12.4. The lowest BCUT2D eigenvalue weighted by atomic mass is 10.1. The highest BCUT2D eigenvalue weighted by Crippen LogP contribution is 2.35. The van der Waals surface area contributed by atoms with Crippen LogP contribution in [0.3, 0.4) is 0 Å². The molecular formula is C20H22N2OSi. The van der Waals surface area contributed by atoms with Gasteiger partial charge in [-0.3, -0.25) is 0 Å². The SMILES string of the molecule is COc1ccc2c(c1)c([Si](C)(C)C)c1c3ccccc3nc-1n2C. The zero-order valence-corrected chi connectivity index (χ0v) is 15.8. The lowest BCUT2D eigenvalue weighted by Crippen LogP contribution is -2.40. The Bertz CT molecular complexity index is 1040. The number of benzene rings is 2. The standard InChI is InChI=1S/C20H22N2OSi/c1-22-17-11-10-13(23-2)12-15(17)19(24(3,4)5)18-14-8-6-7-9-16(14)21-20(18)22/h6-12H,1-5H3. The summed E-state index contributed by atoms with van der Waals surface area (Å²) in [6, 6.07) is 14.8. The highest BCUT2D eigenvalue weighted by Gasteiger charge is 2.30. The van der Waals surface area contributed by atoms with E-state index in [0.29, 0.717) is 0 Å². The molecule has 0 radical (unpaired) electrons. The predicted octanol–water partition coefficient (Wildman–Crippen LogP) is 4.39. The van der Waals surface area contributed by atoms with Gasteiger partial charge in [-0.1, -0.05) is 37.8 Å². The summed E-state index contributed by atoms with van der Waals surface area (Å²) in [5, 5.41) is 4.02. The van der Waals surface area contributed by atoms with Crippen LogP contribution in [0.4, 0.5) is 0 Å². The van der Waals surface area contributed by atoms with E-state index in [0.717, 1.165) is 17.1 Å². The molecule has 0 aromatic heterocycles.